The maximum absolute atomic E-state index is 12.4. The highest BCUT2D eigenvalue weighted by molar-refractivity contribution is 5.97. The summed E-state index contributed by atoms with van der Waals surface area (Å²) in [5.41, 5.74) is 2.97. The van der Waals surface area contributed by atoms with E-state index in [1.165, 1.54) is 44.6 Å². The van der Waals surface area contributed by atoms with Gasteiger partial charge in [0.15, 0.2) is 18.5 Å². The highest BCUT2D eigenvalue weighted by Gasteiger charge is 2.25. The van der Waals surface area contributed by atoms with Gasteiger partial charge in [0.25, 0.3) is 5.91 Å². The third kappa shape index (κ3) is 10.9. The highest BCUT2D eigenvalue weighted by Crippen LogP contribution is 2.41. The van der Waals surface area contributed by atoms with Gasteiger partial charge >= 0.3 is 0 Å². The second kappa shape index (κ2) is 18.9. The van der Waals surface area contributed by atoms with Crippen LogP contribution in [0.3, 0.4) is 0 Å². The van der Waals surface area contributed by atoms with Crippen molar-refractivity contribution >= 4 is 23.2 Å². The molecule has 12 heteroatoms. The normalized spacial score (nSPS) is 15.0. The second-order valence-corrected chi connectivity index (χ2v) is 12.5. The van der Waals surface area contributed by atoms with E-state index in [-0.39, 0.29) is 48.0 Å². The smallest absolute Gasteiger partial charge is 0.262 e. The monoisotopic (exact) mass is 685 g/mol. The largest absolute Gasteiger partial charge is 0.506 e. The molecule has 7 N–H and O–H groups in total. The lowest BCUT2D eigenvalue weighted by atomic mass is 10.0. The average Bonchev–Trinajstić information content (AvgIpc) is 3.62. The molecule has 2 unspecified atom stereocenters. The summed E-state index contributed by atoms with van der Waals surface area (Å²) < 4.78 is 11.1. The average molecular weight is 686 g/mol. The Kier molecular flexibility index (Phi) is 13.8. The van der Waals surface area contributed by atoms with Crippen molar-refractivity contribution in [3.05, 3.63) is 101 Å². The molecular formula is C38H47N5O7. The molecule has 0 bridgehead atoms. The number of amides is 2. The molecule has 4 aromatic rings. The van der Waals surface area contributed by atoms with Crippen LogP contribution >= 0.6 is 0 Å². The molecular weight excluding hydrogens is 638 g/mol. The van der Waals surface area contributed by atoms with E-state index in [1.54, 1.807) is 12.3 Å². The fraction of sp³-hybridized carbons (Fsp3) is 0.395. The lowest BCUT2D eigenvalue weighted by Gasteiger charge is -2.24. The Bertz CT molecular complexity index is 1650. The summed E-state index contributed by atoms with van der Waals surface area (Å²) in [6.07, 6.45) is 9.64. The standard InChI is InChI=1S/C32H35N5O7.C6H12/c38-25-11-10-24(31-29(25)37-28(41)19-43-31)26(39)18-34-16-20-6-8-22(9-7-20)36-27(40)13-15-33-14-12-23-17-35-32(44-23)30(42)21-4-2-1-3-5-21;1-2-4-6-5-3-1/h1-11,17,26,30,33-34,38-39,42H,12-16,18-19H2,(H,36,40)(H,37,41);1-6H2. The van der Waals surface area contributed by atoms with E-state index < -0.39 is 12.2 Å². The molecule has 1 aliphatic heterocycles. The zero-order chi connectivity index (χ0) is 35.1. The van der Waals surface area contributed by atoms with Gasteiger partial charge in [-0.15, -0.1) is 0 Å². The van der Waals surface area contributed by atoms with E-state index in [9.17, 15) is 24.9 Å². The lowest BCUT2D eigenvalue weighted by molar-refractivity contribution is -0.118. The van der Waals surface area contributed by atoms with E-state index in [1.807, 2.05) is 54.6 Å². The van der Waals surface area contributed by atoms with Crippen LogP contribution in [0.4, 0.5) is 11.4 Å². The number of hydrogen-bond donors (Lipinski definition) is 7. The molecule has 2 aliphatic rings. The van der Waals surface area contributed by atoms with Crippen LogP contribution in [0.1, 0.15) is 85.5 Å². The fourth-order valence-electron chi connectivity index (χ4n) is 5.77. The minimum Gasteiger partial charge on any atom is -0.506 e. The first kappa shape index (κ1) is 36.5. The van der Waals surface area contributed by atoms with Gasteiger partial charge < -0.3 is 45.7 Å². The predicted octanol–water partition coefficient (Wildman–Crippen LogP) is 5.12. The van der Waals surface area contributed by atoms with Gasteiger partial charge in [0, 0.05) is 50.3 Å². The Morgan fingerprint density at radius 1 is 0.900 bits per heavy atom. The number of phenolic OH excluding ortho intramolecular Hbond substituents is 1. The topological polar surface area (TPSA) is 178 Å². The molecule has 266 valence electrons. The summed E-state index contributed by atoms with van der Waals surface area (Å²) in [4.78, 5) is 28.1. The molecule has 2 atom stereocenters. The van der Waals surface area contributed by atoms with Gasteiger partial charge in [0.2, 0.25) is 11.8 Å². The van der Waals surface area contributed by atoms with Crippen LogP contribution in [0, 0.1) is 0 Å². The third-order valence-electron chi connectivity index (χ3n) is 8.54. The van der Waals surface area contributed by atoms with Crippen LogP contribution in [0.2, 0.25) is 0 Å². The van der Waals surface area contributed by atoms with Gasteiger partial charge in [0.05, 0.1) is 12.3 Å². The van der Waals surface area contributed by atoms with Crippen LogP contribution in [0.5, 0.6) is 11.5 Å². The molecule has 2 amide bonds. The van der Waals surface area contributed by atoms with Crippen molar-refractivity contribution in [1.29, 1.82) is 0 Å². The highest BCUT2D eigenvalue weighted by atomic mass is 16.5. The summed E-state index contributed by atoms with van der Waals surface area (Å²) in [7, 11) is 0. The Hall–Kier alpha value is -4.75. The Labute approximate surface area is 292 Å². The maximum atomic E-state index is 12.4. The van der Waals surface area contributed by atoms with Gasteiger partial charge in [-0.05, 0) is 35.4 Å². The van der Waals surface area contributed by atoms with E-state index >= 15 is 0 Å². The molecule has 50 heavy (non-hydrogen) atoms. The number of aliphatic hydroxyl groups is 2. The number of aromatic hydroxyl groups is 1. The number of benzene rings is 3. The van der Waals surface area contributed by atoms with Crippen LogP contribution in [0.15, 0.2) is 77.3 Å². The zero-order valence-corrected chi connectivity index (χ0v) is 28.2. The van der Waals surface area contributed by atoms with E-state index in [0.717, 1.165) is 5.56 Å². The zero-order valence-electron chi connectivity index (χ0n) is 28.2. The van der Waals surface area contributed by atoms with Crippen molar-refractivity contribution in [3.8, 4) is 11.5 Å². The number of carbonyl (C=O) groups excluding carboxylic acids is 2. The number of hydrogen-bond acceptors (Lipinski definition) is 10. The summed E-state index contributed by atoms with van der Waals surface area (Å²) in [6.45, 7) is 1.60. The SMILES string of the molecule is C1CCCCC1.O=C(CCNCCc1cnc(C(O)c2ccccc2)o1)Nc1ccc(CNCC(O)c2ccc(O)c3c2OCC(=O)N3)cc1. The van der Waals surface area contributed by atoms with Gasteiger partial charge in [-0.1, -0.05) is 81.0 Å². The van der Waals surface area contributed by atoms with E-state index in [0.29, 0.717) is 55.1 Å². The maximum Gasteiger partial charge on any atom is 0.262 e. The van der Waals surface area contributed by atoms with Crippen LogP contribution in [-0.4, -0.2) is 58.4 Å². The van der Waals surface area contributed by atoms with Crippen LogP contribution in [0.25, 0.3) is 0 Å². The van der Waals surface area contributed by atoms with Crippen molar-refractivity contribution in [2.75, 3.05) is 36.9 Å². The molecule has 1 fully saturated rings. The molecule has 0 radical (unpaired) electrons. The number of rotatable bonds is 14. The van der Waals surface area contributed by atoms with Crippen molar-refractivity contribution in [2.45, 2.75) is 70.1 Å². The van der Waals surface area contributed by atoms with Gasteiger partial charge in [0.1, 0.15) is 17.2 Å². The Morgan fingerprint density at radius 3 is 2.34 bits per heavy atom. The Morgan fingerprint density at radius 2 is 1.62 bits per heavy atom. The van der Waals surface area contributed by atoms with Crippen molar-refractivity contribution < 1.29 is 34.1 Å². The number of aromatic nitrogens is 1. The number of nitrogens with one attached hydrogen (secondary N) is 4. The molecule has 1 aliphatic carbocycles. The number of oxazole rings is 1. The van der Waals surface area contributed by atoms with Crippen LogP contribution < -0.4 is 26.0 Å². The summed E-state index contributed by atoms with van der Waals surface area (Å²) in [5.74, 6) is 0.556. The van der Waals surface area contributed by atoms with Gasteiger partial charge in [-0.2, -0.15) is 0 Å². The summed E-state index contributed by atoms with van der Waals surface area (Å²) >= 11 is 0. The van der Waals surface area contributed by atoms with Crippen molar-refractivity contribution in [3.63, 3.8) is 0 Å². The van der Waals surface area contributed by atoms with E-state index in [4.69, 9.17) is 9.15 Å². The molecule has 2 heterocycles. The van der Waals surface area contributed by atoms with E-state index in [2.05, 4.69) is 26.3 Å². The molecule has 3 aromatic carbocycles. The van der Waals surface area contributed by atoms with Crippen molar-refractivity contribution in [1.82, 2.24) is 15.6 Å². The number of carbonyl (C=O) groups is 2. The van der Waals surface area contributed by atoms with Gasteiger partial charge in [-0.3, -0.25) is 9.59 Å². The second-order valence-electron chi connectivity index (χ2n) is 12.5. The number of phenols is 1. The molecule has 1 aromatic heterocycles. The van der Waals surface area contributed by atoms with Crippen molar-refractivity contribution in [2.24, 2.45) is 0 Å². The number of anilines is 2. The number of aliphatic hydroxyl groups excluding tert-OH is 2. The first-order valence-corrected chi connectivity index (χ1v) is 17.3. The lowest BCUT2D eigenvalue weighted by Crippen LogP contribution is -2.27. The van der Waals surface area contributed by atoms with Crippen LogP contribution in [-0.2, 0) is 22.6 Å². The Balaban J connectivity index is 0.000000732. The molecule has 0 saturated heterocycles. The minimum atomic E-state index is -0.924. The third-order valence-corrected chi connectivity index (χ3v) is 8.54. The number of ether oxygens (including phenoxy) is 1. The number of fused-ring (bicyclic) bond motifs is 1. The summed E-state index contributed by atoms with van der Waals surface area (Å²) in [6, 6.07) is 19.6. The fourth-order valence-corrected chi connectivity index (χ4v) is 5.77. The first-order chi connectivity index (χ1) is 24.4. The molecule has 0 spiro atoms. The van der Waals surface area contributed by atoms with Gasteiger partial charge in [-0.25, -0.2) is 4.98 Å². The molecule has 1 saturated carbocycles. The molecule has 6 rings (SSSR count). The first-order valence-electron chi connectivity index (χ1n) is 17.3. The number of nitrogens with zero attached hydrogens (tertiary/aromatic N) is 1. The molecule has 12 nitrogen and oxygen atoms in total. The summed E-state index contributed by atoms with van der Waals surface area (Å²) in [5, 5.41) is 42.9. The quantitative estimate of drug-likeness (QED) is 0.0697. The minimum absolute atomic E-state index is 0.116. The predicted molar refractivity (Wildman–Crippen MR) is 190 cm³/mol.